The van der Waals surface area contributed by atoms with Crippen molar-refractivity contribution in [3.63, 3.8) is 0 Å². The summed E-state index contributed by atoms with van der Waals surface area (Å²) in [7, 11) is 0. The summed E-state index contributed by atoms with van der Waals surface area (Å²) in [4.78, 5) is 24.1. The lowest BCUT2D eigenvalue weighted by atomic mass is 10.0. The first-order valence-electron chi connectivity index (χ1n) is 5.39. The number of rotatable bonds is 4. The monoisotopic (exact) mass is 214 g/mol. The van der Waals surface area contributed by atoms with Crippen LogP contribution in [0, 0.1) is 0 Å². The maximum atomic E-state index is 11.7. The normalized spacial score (nSPS) is 21.4. The third kappa shape index (κ3) is 3.20. The van der Waals surface area contributed by atoms with Crippen molar-refractivity contribution in [2.24, 2.45) is 5.73 Å². The van der Waals surface area contributed by atoms with Gasteiger partial charge in [0.05, 0.1) is 0 Å². The quantitative estimate of drug-likeness (QED) is 0.699. The van der Waals surface area contributed by atoms with E-state index in [0.29, 0.717) is 32.4 Å². The molecule has 0 radical (unpaired) electrons. The summed E-state index contributed by atoms with van der Waals surface area (Å²) in [6, 6.07) is -0.621. The fraction of sp³-hybridized carbons (Fsp3) is 0.800. The molecule has 15 heavy (non-hydrogen) atoms. The molecule has 1 aliphatic heterocycles. The van der Waals surface area contributed by atoms with Crippen molar-refractivity contribution in [2.45, 2.75) is 38.1 Å². The summed E-state index contributed by atoms with van der Waals surface area (Å²) >= 11 is 0. The van der Waals surface area contributed by atoms with Gasteiger partial charge in [-0.1, -0.05) is 0 Å². The largest absolute Gasteiger partial charge is 0.480 e. The van der Waals surface area contributed by atoms with Gasteiger partial charge in [0, 0.05) is 13.0 Å². The number of hydrogen-bond donors (Lipinski definition) is 2. The molecule has 0 bridgehead atoms. The second-order valence-corrected chi connectivity index (χ2v) is 3.83. The van der Waals surface area contributed by atoms with E-state index in [1.165, 1.54) is 4.90 Å². The number of carboxylic acid groups (broad SMARTS) is 1. The zero-order valence-corrected chi connectivity index (χ0v) is 8.82. The van der Waals surface area contributed by atoms with Crippen LogP contribution in [0.2, 0.25) is 0 Å². The van der Waals surface area contributed by atoms with Crippen LogP contribution in [0.25, 0.3) is 0 Å². The summed E-state index contributed by atoms with van der Waals surface area (Å²) < 4.78 is 0. The molecule has 1 saturated heterocycles. The summed E-state index contributed by atoms with van der Waals surface area (Å²) in [5.74, 6) is -0.969. The summed E-state index contributed by atoms with van der Waals surface area (Å²) in [6.45, 7) is 1.04. The van der Waals surface area contributed by atoms with Gasteiger partial charge >= 0.3 is 5.97 Å². The van der Waals surface area contributed by atoms with E-state index in [1.54, 1.807) is 0 Å². The van der Waals surface area contributed by atoms with Crippen LogP contribution in [0.4, 0.5) is 0 Å². The zero-order valence-electron chi connectivity index (χ0n) is 8.82. The fourth-order valence-electron chi connectivity index (χ4n) is 1.88. The molecule has 1 unspecified atom stereocenters. The molecule has 1 heterocycles. The average molecular weight is 214 g/mol. The van der Waals surface area contributed by atoms with Crippen LogP contribution in [0.1, 0.15) is 32.1 Å². The van der Waals surface area contributed by atoms with Crippen molar-refractivity contribution in [3.05, 3.63) is 0 Å². The van der Waals surface area contributed by atoms with Gasteiger partial charge in [-0.2, -0.15) is 0 Å². The summed E-state index contributed by atoms with van der Waals surface area (Å²) in [6.07, 6.45) is 3.35. The highest BCUT2D eigenvalue weighted by Crippen LogP contribution is 2.18. The Balaban J connectivity index is 2.55. The number of likely N-dealkylation sites (tertiary alicyclic amines) is 1. The number of carboxylic acids is 1. The van der Waals surface area contributed by atoms with Crippen LogP contribution in [0.3, 0.4) is 0 Å². The van der Waals surface area contributed by atoms with E-state index in [0.717, 1.165) is 12.8 Å². The predicted octanol–water partition coefficient (Wildman–Crippen LogP) is 0.191. The molecule has 5 heteroatoms. The molecule has 1 fully saturated rings. The van der Waals surface area contributed by atoms with Gasteiger partial charge in [0.1, 0.15) is 6.04 Å². The predicted molar refractivity (Wildman–Crippen MR) is 55.3 cm³/mol. The fourth-order valence-corrected chi connectivity index (χ4v) is 1.88. The topological polar surface area (TPSA) is 83.6 Å². The SMILES string of the molecule is NCCCC(=O)N1CCCCC1C(=O)O. The Labute approximate surface area is 89.2 Å². The van der Waals surface area contributed by atoms with Crippen LogP contribution < -0.4 is 5.73 Å². The Kier molecular flexibility index (Phi) is 4.55. The van der Waals surface area contributed by atoms with Crippen LogP contribution in [-0.4, -0.2) is 41.0 Å². The van der Waals surface area contributed by atoms with Gasteiger partial charge in [-0.05, 0) is 32.2 Å². The van der Waals surface area contributed by atoms with Crippen molar-refractivity contribution in [2.75, 3.05) is 13.1 Å². The third-order valence-corrected chi connectivity index (χ3v) is 2.70. The molecule has 1 atom stereocenters. The minimum atomic E-state index is -0.893. The molecule has 86 valence electrons. The van der Waals surface area contributed by atoms with Crippen LogP contribution in [-0.2, 0) is 9.59 Å². The van der Waals surface area contributed by atoms with Crippen molar-refractivity contribution < 1.29 is 14.7 Å². The number of nitrogens with two attached hydrogens (primary N) is 1. The van der Waals surface area contributed by atoms with Crippen LogP contribution in [0.15, 0.2) is 0 Å². The van der Waals surface area contributed by atoms with Gasteiger partial charge in [0.25, 0.3) is 0 Å². The number of aliphatic carboxylic acids is 1. The minimum absolute atomic E-state index is 0.0763. The molecule has 1 rings (SSSR count). The number of piperidine rings is 1. The van der Waals surface area contributed by atoms with E-state index in [-0.39, 0.29) is 5.91 Å². The zero-order chi connectivity index (χ0) is 11.3. The Morgan fingerprint density at radius 3 is 2.73 bits per heavy atom. The maximum absolute atomic E-state index is 11.7. The van der Waals surface area contributed by atoms with Gasteiger partial charge < -0.3 is 15.7 Å². The first kappa shape index (κ1) is 12.0. The third-order valence-electron chi connectivity index (χ3n) is 2.70. The second kappa shape index (κ2) is 5.70. The van der Waals surface area contributed by atoms with Crippen LogP contribution >= 0.6 is 0 Å². The van der Waals surface area contributed by atoms with E-state index < -0.39 is 12.0 Å². The highest BCUT2D eigenvalue weighted by molar-refractivity contribution is 5.83. The molecule has 0 aromatic heterocycles. The molecule has 0 saturated carbocycles. The number of carbonyl (C=O) groups excluding carboxylic acids is 1. The van der Waals surface area contributed by atoms with Crippen molar-refractivity contribution in [3.8, 4) is 0 Å². The van der Waals surface area contributed by atoms with Gasteiger partial charge in [-0.3, -0.25) is 4.79 Å². The lowest BCUT2D eigenvalue weighted by molar-refractivity contribution is -0.152. The highest BCUT2D eigenvalue weighted by Gasteiger charge is 2.31. The standard InChI is InChI=1S/C10H18N2O3/c11-6-3-5-9(13)12-7-2-1-4-8(12)10(14)15/h8H,1-7,11H2,(H,14,15). The van der Waals surface area contributed by atoms with Gasteiger partial charge in [0.15, 0.2) is 0 Å². The van der Waals surface area contributed by atoms with E-state index in [9.17, 15) is 9.59 Å². The molecule has 3 N–H and O–H groups in total. The number of carbonyl (C=O) groups is 2. The smallest absolute Gasteiger partial charge is 0.326 e. The van der Waals surface area contributed by atoms with Gasteiger partial charge in [-0.15, -0.1) is 0 Å². The average Bonchev–Trinajstić information content (AvgIpc) is 2.25. The first-order chi connectivity index (χ1) is 7.16. The molecule has 1 amide bonds. The molecule has 0 aromatic carbocycles. The van der Waals surface area contributed by atoms with Crippen molar-refractivity contribution >= 4 is 11.9 Å². The Hall–Kier alpha value is -1.10. The van der Waals surface area contributed by atoms with E-state index >= 15 is 0 Å². The molecular formula is C10H18N2O3. The lowest BCUT2D eigenvalue weighted by Crippen LogP contribution is -2.48. The molecule has 1 aliphatic rings. The van der Waals surface area contributed by atoms with E-state index in [1.807, 2.05) is 0 Å². The molecule has 0 spiro atoms. The van der Waals surface area contributed by atoms with Crippen molar-refractivity contribution in [1.82, 2.24) is 4.90 Å². The second-order valence-electron chi connectivity index (χ2n) is 3.83. The molecular weight excluding hydrogens is 196 g/mol. The van der Waals surface area contributed by atoms with Crippen molar-refractivity contribution in [1.29, 1.82) is 0 Å². The molecule has 0 aliphatic carbocycles. The highest BCUT2D eigenvalue weighted by atomic mass is 16.4. The lowest BCUT2D eigenvalue weighted by Gasteiger charge is -2.33. The maximum Gasteiger partial charge on any atom is 0.326 e. The van der Waals surface area contributed by atoms with Gasteiger partial charge in [0.2, 0.25) is 5.91 Å². The van der Waals surface area contributed by atoms with Gasteiger partial charge in [-0.25, -0.2) is 4.79 Å². The Morgan fingerprint density at radius 1 is 1.40 bits per heavy atom. The molecule has 5 nitrogen and oxygen atoms in total. The summed E-state index contributed by atoms with van der Waals surface area (Å²) in [5.41, 5.74) is 5.31. The number of nitrogens with zero attached hydrogens (tertiary/aromatic N) is 1. The first-order valence-corrected chi connectivity index (χ1v) is 5.39. The number of hydrogen-bond acceptors (Lipinski definition) is 3. The number of amides is 1. The molecule has 0 aromatic rings. The Bertz CT molecular complexity index is 243. The van der Waals surface area contributed by atoms with E-state index in [2.05, 4.69) is 0 Å². The van der Waals surface area contributed by atoms with E-state index in [4.69, 9.17) is 10.8 Å². The summed E-state index contributed by atoms with van der Waals surface area (Å²) in [5, 5.41) is 8.96. The Morgan fingerprint density at radius 2 is 2.13 bits per heavy atom. The minimum Gasteiger partial charge on any atom is -0.480 e. The van der Waals surface area contributed by atoms with Crippen LogP contribution in [0.5, 0.6) is 0 Å².